The van der Waals surface area contributed by atoms with E-state index in [1.54, 1.807) is 24.1 Å². The van der Waals surface area contributed by atoms with Gasteiger partial charge in [-0.15, -0.1) is 11.3 Å². The van der Waals surface area contributed by atoms with Crippen LogP contribution in [0.1, 0.15) is 20.0 Å². The number of hydrogen-bond donors (Lipinski definition) is 1. The lowest BCUT2D eigenvalue weighted by Crippen LogP contribution is -2.38. The van der Waals surface area contributed by atoms with Gasteiger partial charge in [-0.05, 0) is 41.8 Å². The minimum atomic E-state index is -0.182. The SMILES string of the molecule is CN(C(=O)c1cc(NC(=O)c2cccs2)ccc1N1CCOCC1)c1ccccc1. The Morgan fingerprint density at radius 3 is 2.50 bits per heavy atom. The average molecular weight is 422 g/mol. The number of anilines is 3. The van der Waals surface area contributed by atoms with Crippen LogP contribution in [0.5, 0.6) is 0 Å². The molecule has 4 rings (SSSR count). The lowest BCUT2D eigenvalue weighted by atomic mass is 10.1. The summed E-state index contributed by atoms with van der Waals surface area (Å²) in [4.78, 5) is 30.3. The highest BCUT2D eigenvalue weighted by Crippen LogP contribution is 2.28. The summed E-state index contributed by atoms with van der Waals surface area (Å²) in [6, 6.07) is 18.6. The Hall–Kier alpha value is -3.16. The van der Waals surface area contributed by atoms with E-state index >= 15 is 0 Å². The quantitative estimate of drug-likeness (QED) is 0.673. The topological polar surface area (TPSA) is 61.9 Å². The molecule has 0 atom stereocenters. The van der Waals surface area contributed by atoms with Crippen LogP contribution in [0.4, 0.5) is 17.1 Å². The zero-order valence-electron chi connectivity index (χ0n) is 16.7. The molecule has 0 aliphatic carbocycles. The number of morpholine rings is 1. The summed E-state index contributed by atoms with van der Waals surface area (Å²) in [5.74, 6) is -0.311. The molecule has 6 nitrogen and oxygen atoms in total. The minimum absolute atomic E-state index is 0.130. The van der Waals surface area contributed by atoms with E-state index in [2.05, 4.69) is 10.2 Å². The van der Waals surface area contributed by atoms with Crippen LogP contribution in [0.3, 0.4) is 0 Å². The molecule has 1 N–H and O–H groups in total. The average Bonchev–Trinajstić information content (AvgIpc) is 3.34. The van der Waals surface area contributed by atoms with Gasteiger partial charge in [0.15, 0.2) is 0 Å². The molecule has 0 bridgehead atoms. The number of nitrogens with zero attached hydrogens (tertiary/aromatic N) is 2. The van der Waals surface area contributed by atoms with E-state index in [0.29, 0.717) is 29.3 Å². The van der Waals surface area contributed by atoms with Crippen LogP contribution >= 0.6 is 11.3 Å². The van der Waals surface area contributed by atoms with Gasteiger partial charge in [0.1, 0.15) is 0 Å². The second-order valence-electron chi connectivity index (χ2n) is 6.96. The summed E-state index contributed by atoms with van der Waals surface area (Å²) in [6.45, 7) is 2.69. The Morgan fingerprint density at radius 2 is 1.80 bits per heavy atom. The van der Waals surface area contributed by atoms with Crippen LogP contribution in [0.2, 0.25) is 0 Å². The first-order valence-corrected chi connectivity index (χ1v) is 10.7. The number of hydrogen-bond acceptors (Lipinski definition) is 5. The molecule has 1 fully saturated rings. The predicted octanol–water partition coefficient (Wildman–Crippen LogP) is 4.11. The normalized spacial score (nSPS) is 13.7. The molecule has 3 aromatic rings. The lowest BCUT2D eigenvalue weighted by Gasteiger charge is -2.31. The highest BCUT2D eigenvalue weighted by molar-refractivity contribution is 7.12. The monoisotopic (exact) mass is 421 g/mol. The summed E-state index contributed by atoms with van der Waals surface area (Å²) in [6.07, 6.45) is 0. The standard InChI is InChI=1S/C23H23N3O3S/c1-25(18-6-3-2-4-7-18)23(28)19-16-17(24-22(27)21-8-5-15-30-21)9-10-20(19)26-11-13-29-14-12-26/h2-10,15-16H,11-14H2,1H3,(H,24,27). The third kappa shape index (κ3) is 4.37. The fourth-order valence-corrected chi connectivity index (χ4v) is 4.03. The molecule has 1 aliphatic rings. The van der Waals surface area contributed by atoms with Gasteiger partial charge in [-0.1, -0.05) is 24.3 Å². The summed E-state index contributed by atoms with van der Waals surface area (Å²) >= 11 is 1.38. The zero-order valence-corrected chi connectivity index (χ0v) is 17.5. The summed E-state index contributed by atoms with van der Waals surface area (Å²) < 4.78 is 5.46. The molecule has 2 aromatic carbocycles. The van der Waals surface area contributed by atoms with E-state index in [-0.39, 0.29) is 11.8 Å². The molecule has 0 unspecified atom stereocenters. The molecule has 0 radical (unpaired) electrons. The van der Waals surface area contributed by atoms with Gasteiger partial charge < -0.3 is 19.9 Å². The Morgan fingerprint density at radius 1 is 1.03 bits per heavy atom. The number of amides is 2. The highest BCUT2D eigenvalue weighted by Gasteiger charge is 2.23. The number of rotatable bonds is 5. The molecule has 30 heavy (non-hydrogen) atoms. The van der Waals surface area contributed by atoms with Crippen molar-refractivity contribution in [2.75, 3.05) is 48.5 Å². The van der Waals surface area contributed by atoms with Crippen molar-refractivity contribution in [1.29, 1.82) is 0 Å². The van der Waals surface area contributed by atoms with Crippen LogP contribution in [0.15, 0.2) is 66.0 Å². The molecule has 7 heteroatoms. The summed E-state index contributed by atoms with van der Waals surface area (Å²) in [7, 11) is 1.76. The van der Waals surface area contributed by atoms with Crippen molar-refractivity contribution >= 4 is 40.2 Å². The Balaban J connectivity index is 1.66. The molecular formula is C23H23N3O3S. The molecule has 1 aliphatic heterocycles. The van der Waals surface area contributed by atoms with Gasteiger partial charge in [0.25, 0.3) is 11.8 Å². The maximum absolute atomic E-state index is 13.4. The van der Waals surface area contributed by atoms with E-state index in [9.17, 15) is 9.59 Å². The smallest absolute Gasteiger partial charge is 0.265 e. The van der Waals surface area contributed by atoms with Gasteiger partial charge in [-0.3, -0.25) is 9.59 Å². The first-order valence-electron chi connectivity index (χ1n) is 9.78. The van der Waals surface area contributed by atoms with Crippen molar-refractivity contribution in [2.24, 2.45) is 0 Å². The van der Waals surface area contributed by atoms with E-state index < -0.39 is 0 Å². The number of nitrogens with one attached hydrogen (secondary N) is 1. The number of benzene rings is 2. The van der Waals surface area contributed by atoms with Gasteiger partial charge in [-0.2, -0.15) is 0 Å². The number of ether oxygens (including phenoxy) is 1. The van der Waals surface area contributed by atoms with Crippen molar-refractivity contribution in [3.8, 4) is 0 Å². The predicted molar refractivity (Wildman–Crippen MR) is 121 cm³/mol. The van der Waals surface area contributed by atoms with Crippen LogP contribution in [0.25, 0.3) is 0 Å². The van der Waals surface area contributed by atoms with Crippen molar-refractivity contribution in [1.82, 2.24) is 0 Å². The minimum Gasteiger partial charge on any atom is -0.378 e. The van der Waals surface area contributed by atoms with Crippen LogP contribution in [-0.2, 0) is 4.74 Å². The van der Waals surface area contributed by atoms with Crippen LogP contribution in [-0.4, -0.2) is 45.2 Å². The number of thiophene rings is 1. The maximum atomic E-state index is 13.4. The van der Waals surface area contributed by atoms with Gasteiger partial charge in [-0.25, -0.2) is 0 Å². The van der Waals surface area contributed by atoms with Crippen molar-refractivity contribution in [3.05, 3.63) is 76.5 Å². The molecule has 1 aromatic heterocycles. The van der Waals surface area contributed by atoms with Crippen molar-refractivity contribution < 1.29 is 14.3 Å². The fraction of sp³-hybridized carbons (Fsp3) is 0.217. The van der Waals surface area contributed by atoms with E-state index in [1.165, 1.54) is 11.3 Å². The zero-order chi connectivity index (χ0) is 20.9. The lowest BCUT2D eigenvalue weighted by molar-refractivity contribution is 0.0988. The Labute approximate surface area is 179 Å². The summed E-state index contributed by atoms with van der Waals surface area (Å²) in [5, 5.41) is 4.77. The largest absolute Gasteiger partial charge is 0.378 e. The molecule has 2 heterocycles. The molecule has 154 valence electrons. The highest BCUT2D eigenvalue weighted by atomic mass is 32.1. The maximum Gasteiger partial charge on any atom is 0.265 e. The second kappa shape index (κ2) is 9.11. The van der Waals surface area contributed by atoms with Gasteiger partial charge >= 0.3 is 0 Å². The number of carbonyl (C=O) groups is 2. The third-order valence-corrected chi connectivity index (χ3v) is 5.90. The van der Waals surface area contributed by atoms with Crippen molar-refractivity contribution in [3.63, 3.8) is 0 Å². The molecule has 2 amide bonds. The number of carbonyl (C=O) groups excluding carboxylic acids is 2. The third-order valence-electron chi connectivity index (χ3n) is 5.03. The number of para-hydroxylation sites is 1. The molecule has 0 spiro atoms. The van der Waals surface area contributed by atoms with Gasteiger partial charge in [0.2, 0.25) is 0 Å². The fourth-order valence-electron chi connectivity index (χ4n) is 3.42. The summed E-state index contributed by atoms with van der Waals surface area (Å²) in [5.41, 5.74) is 2.80. The molecule has 1 saturated heterocycles. The van der Waals surface area contributed by atoms with Crippen molar-refractivity contribution in [2.45, 2.75) is 0 Å². The van der Waals surface area contributed by atoms with E-state index in [4.69, 9.17) is 4.74 Å². The van der Waals surface area contributed by atoms with E-state index in [1.807, 2.05) is 53.9 Å². The Bertz CT molecular complexity index is 1020. The first-order chi connectivity index (χ1) is 14.6. The van der Waals surface area contributed by atoms with Crippen LogP contribution < -0.4 is 15.1 Å². The van der Waals surface area contributed by atoms with Gasteiger partial charge in [0, 0.05) is 37.2 Å². The first kappa shape index (κ1) is 20.1. The second-order valence-corrected chi connectivity index (χ2v) is 7.91. The van der Waals surface area contributed by atoms with Crippen LogP contribution in [0, 0.1) is 0 Å². The molecule has 0 saturated carbocycles. The molecular weight excluding hydrogens is 398 g/mol. The Kier molecular flexibility index (Phi) is 6.11. The van der Waals surface area contributed by atoms with E-state index in [0.717, 1.165) is 24.5 Å². The van der Waals surface area contributed by atoms with Gasteiger partial charge in [0.05, 0.1) is 23.7 Å².